The number of esters is 1. The van der Waals surface area contributed by atoms with Gasteiger partial charge in [0.2, 0.25) is 27.7 Å². The lowest BCUT2D eigenvalue weighted by atomic mass is 9.82. The molecule has 304 valence electrons. The molecule has 1 saturated heterocycles. The molecule has 5 aliphatic rings. The quantitative estimate of drug-likeness (QED) is 0.191. The highest BCUT2D eigenvalue weighted by Crippen LogP contribution is 2.57. The van der Waals surface area contributed by atoms with Crippen molar-refractivity contribution in [2.45, 2.75) is 122 Å². The Morgan fingerprint density at radius 1 is 1.05 bits per heavy atom. The van der Waals surface area contributed by atoms with Gasteiger partial charge in [0.05, 0.1) is 55.0 Å². The highest BCUT2D eigenvalue weighted by molar-refractivity contribution is 7.90. The van der Waals surface area contributed by atoms with Crippen molar-refractivity contribution >= 4 is 44.4 Å². The number of hydrogen-bond acceptors (Lipinski definition) is 10. The van der Waals surface area contributed by atoms with E-state index in [9.17, 15) is 27.6 Å². The molecule has 13 heteroatoms. The van der Waals surface area contributed by atoms with Gasteiger partial charge < -0.3 is 19.1 Å². The summed E-state index contributed by atoms with van der Waals surface area (Å²) < 4.78 is 46.4. The molecule has 7 atom stereocenters. The molecule has 0 radical (unpaired) electrons. The molecule has 0 bridgehead atoms. The number of fused-ring (bicyclic) bond motifs is 3. The first-order valence-electron chi connectivity index (χ1n) is 20.6. The fraction of sp³-hybridized carbons (Fsp3) is 0.651. The Bertz CT molecular complexity index is 1970. The first-order chi connectivity index (χ1) is 26.7. The van der Waals surface area contributed by atoms with Crippen LogP contribution in [0.3, 0.4) is 0 Å². The zero-order chi connectivity index (χ0) is 39.8. The molecule has 3 aliphatic carbocycles. The number of benzene rings is 1. The van der Waals surface area contributed by atoms with Crippen molar-refractivity contribution in [3.8, 4) is 11.6 Å². The maximum Gasteiger partial charge on any atom is 0.306 e. The number of ether oxygens (including phenoxy) is 3. The molecule has 3 heterocycles. The summed E-state index contributed by atoms with van der Waals surface area (Å²) in [4.78, 5) is 63.0. The molecular weight excluding hydrogens is 735 g/mol. The number of pyridine rings is 1. The van der Waals surface area contributed by atoms with Gasteiger partial charge in [-0.2, -0.15) is 0 Å². The average Bonchev–Trinajstić information content (AvgIpc) is 4.11. The predicted octanol–water partition coefficient (Wildman–Crippen LogP) is 6.31. The molecule has 2 amide bonds. The number of nitrogens with one attached hydrogen (secondary N) is 1. The number of nitrogens with zero attached hydrogens (tertiary/aromatic N) is 2. The Kier molecular flexibility index (Phi) is 11.6. The highest BCUT2D eigenvalue weighted by atomic mass is 32.2. The largest absolute Gasteiger partial charge is 0.491 e. The van der Waals surface area contributed by atoms with E-state index in [1.54, 1.807) is 11.1 Å². The van der Waals surface area contributed by atoms with Gasteiger partial charge in [-0.25, -0.2) is 13.4 Å². The summed E-state index contributed by atoms with van der Waals surface area (Å²) >= 11 is 0. The van der Waals surface area contributed by atoms with Gasteiger partial charge in [0.25, 0.3) is 0 Å². The number of ketones is 1. The van der Waals surface area contributed by atoms with Crippen molar-refractivity contribution in [2.24, 2.45) is 34.5 Å². The maximum absolute atomic E-state index is 14.9. The second-order valence-electron chi connectivity index (χ2n) is 17.7. The van der Waals surface area contributed by atoms with E-state index in [1.165, 1.54) is 0 Å². The Balaban J connectivity index is 1.20. The van der Waals surface area contributed by atoms with Gasteiger partial charge in [-0.3, -0.25) is 23.9 Å². The van der Waals surface area contributed by atoms with Crippen LogP contribution in [-0.2, 0) is 33.9 Å². The Hall–Kier alpha value is -4.00. The van der Waals surface area contributed by atoms with Crippen molar-refractivity contribution in [3.63, 3.8) is 0 Å². The summed E-state index contributed by atoms with van der Waals surface area (Å²) in [5.74, 6) is -1.77. The SMILES string of the molecule is CCCOc1cnc(O[C@@H]2C[C@H]3C(=O)C[C@]4(C(=O)NS(=O)(=O)C5CC5)C[C@H]4/C=C\CC[C@@H](C)C[C@@H](C)[C@H](CC(=O)OCC4(C)CC4)C(=O)N3C2)c2ccccc12. The normalized spacial score (nSPS) is 31.0. The molecule has 2 aliphatic heterocycles. The molecule has 1 N–H and O–H groups in total. The molecule has 0 spiro atoms. The average molecular weight is 792 g/mol. The maximum atomic E-state index is 14.9. The highest BCUT2D eigenvalue weighted by Gasteiger charge is 2.61. The van der Waals surface area contributed by atoms with Crippen LogP contribution in [0, 0.1) is 34.5 Å². The smallest absolute Gasteiger partial charge is 0.306 e. The van der Waals surface area contributed by atoms with Crippen LogP contribution in [0.4, 0.5) is 0 Å². The van der Waals surface area contributed by atoms with Crippen LogP contribution in [0.1, 0.15) is 105 Å². The molecule has 7 rings (SSSR count). The number of carbonyl (C=O) groups is 4. The van der Waals surface area contributed by atoms with Crippen molar-refractivity contribution < 1.29 is 41.8 Å². The molecule has 4 fully saturated rings. The van der Waals surface area contributed by atoms with Gasteiger partial charge in [0.1, 0.15) is 11.9 Å². The molecule has 0 unspecified atom stereocenters. The minimum Gasteiger partial charge on any atom is -0.491 e. The fourth-order valence-electron chi connectivity index (χ4n) is 8.56. The minimum absolute atomic E-state index is 0.00838. The van der Waals surface area contributed by atoms with E-state index in [4.69, 9.17) is 14.2 Å². The topological polar surface area (TPSA) is 158 Å². The number of rotatable bonds is 12. The van der Waals surface area contributed by atoms with Crippen LogP contribution in [-0.4, -0.2) is 79.0 Å². The van der Waals surface area contributed by atoms with Gasteiger partial charge >= 0.3 is 5.97 Å². The number of aromatic nitrogens is 1. The van der Waals surface area contributed by atoms with Crippen LogP contribution < -0.4 is 14.2 Å². The molecule has 1 aromatic carbocycles. The number of Topliss-reactive ketones (excluding diaryl/α,β-unsaturated/α-hetero) is 1. The van der Waals surface area contributed by atoms with Crippen LogP contribution in [0.25, 0.3) is 10.8 Å². The summed E-state index contributed by atoms with van der Waals surface area (Å²) in [6.45, 7) is 9.16. The zero-order valence-electron chi connectivity index (χ0n) is 33.2. The van der Waals surface area contributed by atoms with Crippen LogP contribution in [0.15, 0.2) is 42.6 Å². The minimum atomic E-state index is -3.85. The summed E-state index contributed by atoms with van der Waals surface area (Å²) in [5, 5.41) is 0.968. The lowest BCUT2D eigenvalue weighted by Gasteiger charge is -2.32. The predicted molar refractivity (Wildman–Crippen MR) is 210 cm³/mol. The molecular formula is C43H57N3O9S. The number of carbonyl (C=O) groups excluding carboxylic acids is 4. The third-order valence-electron chi connectivity index (χ3n) is 12.7. The van der Waals surface area contributed by atoms with Gasteiger partial charge in [-0.05, 0) is 81.6 Å². The lowest BCUT2D eigenvalue weighted by Crippen LogP contribution is -2.47. The van der Waals surface area contributed by atoms with Crippen molar-refractivity contribution in [1.29, 1.82) is 0 Å². The standard InChI is InChI=1S/C43H57N3O9S/c1-5-18-53-37-24-44-39(33-13-9-8-12-32(33)37)55-30-20-35-36(47)23-43(41(50)45-56(51,52)31-14-15-31)22-29(43)11-7-6-10-27(2)19-28(3)34(40(49)46(35)25-30)21-38(48)54-26-42(4)16-17-42/h7-9,11-13,24,27-31,34-35H,5-6,10,14-23,25-26H2,1-4H3,(H,45,50)/b11-7-/t27-,28-,29-,30-,34+,35+,43-/m1/s1. The van der Waals surface area contributed by atoms with Crippen LogP contribution in [0.2, 0.25) is 0 Å². The lowest BCUT2D eigenvalue weighted by molar-refractivity contribution is -0.152. The van der Waals surface area contributed by atoms with Crippen LogP contribution in [0.5, 0.6) is 11.6 Å². The Labute approximate surface area is 330 Å². The molecule has 56 heavy (non-hydrogen) atoms. The summed E-state index contributed by atoms with van der Waals surface area (Å²) in [6, 6.07) is 6.67. The van der Waals surface area contributed by atoms with E-state index in [1.807, 2.05) is 50.3 Å². The Morgan fingerprint density at radius 3 is 2.52 bits per heavy atom. The third kappa shape index (κ3) is 8.92. The molecule has 2 aromatic rings. The Morgan fingerprint density at radius 2 is 1.80 bits per heavy atom. The van der Waals surface area contributed by atoms with E-state index in [0.717, 1.165) is 42.9 Å². The number of amides is 2. The number of sulfonamides is 1. The zero-order valence-corrected chi connectivity index (χ0v) is 34.0. The van der Waals surface area contributed by atoms with E-state index >= 15 is 0 Å². The van der Waals surface area contributed by atoms with Crippen molar-refractivity contribution in [1.82, 2.24) is 14.6 Å². The van der Waals surface area contributed by atoms with Gasteiger partial charge in [0.15, 0.2) is 5.78 Å². The van der Waals surface area contributed by atoms with E-state index in [0.29, 0.717) is 50.5 Å². The third-order valence-corrected chi connectivity index (χ3v) is 14.5. The first-order valence-corrected chi connectivity index (χ1v) is 22.2. The first kappa shape index (κ1) is 40.2. The second-order valence-corrected chi connectivity index (χ2v) is 19.7. The molecule has 12 nitrogen and oxygen atoms in total. The molecule has 3 saturated carbocycles. The number of allylic oxidation sites excluding steroid dienone is 2. The van der Waals surface area contributed by atoms with Gasteiger partial charge in [-0.15, -0.1) is 0 Å². The second kappa shape index (κ2) is 16.1. The fourth-order valence-corrected chi connectivity index (χ4v) is 9.94. The van der Waals surface area contributed by atoms with E-state index in [-0.39, 0.29) is 60.7 Å². The van der Waals surface area contributed by atoms with Gasteiger partial charge in [-0.1, -0.05) is 58.0 Å². The summed E-state index contributed by atoms with van der Waals surface area (Å²) in [6.07, 6.45) is 11.2. The summed E-state index contributed by atoms with van der Waals surface area (Å²) in [7, 11) is -3.85. The summed E-state index contributed by atoms with van der Waals surface area (Å²) in [5.41, 5.74) is -1.25. The van der Waals surface area contributed by atoms with Gasteiger partial charge in [0, 0.05) is 29.0 Å². The van der Waals surface area contributed by atoms with Crippen molar-refractivity contribution in [3.05, 3.63) is 42.6 Å². The molecule has 1 aromatic heterocycles. The van der Waals surface area contributed by atoms with E-state index < -0.39 is 50.6 Å². The van der Waals surface area contributed by atoms with E-state index in [2.05, 4.69) is 23.6 Å². The monoisotopic (exact) mass is 791 g/mol. The number of hydrogen-bond donors (Lipinski definition) is 1. The van der Waals surface area contributed by atoms with Crippen molar-refractivity contribution in [2.75, 3.05) is 19.8 Å². The van der Waals surface area contributed by atoms with Crippen LogP contribution >= 0.6 is 0 Å².